The van der Waals surface area contributed by atoms with Gasteiger partial charge in [0, 0.05) is 52.0 Å². The van der Waals surface area contributed by atoms with Crippen LogP contribution in [0.4, 0.5) is 13.2 Å². The number of para-hydroxylation sites is 1. The lowest BCUT2D eigenvalue weighted by atomic mass is 10.1. The number of thiazole rings is 1. The van der Waals surface area contributed by atoms with E-state index in [1.54, 1.807) is 30.4 Å². The summed E-state index contributed by atoms with van der Waals surface area (Å²) in [6.45, 7) is 6.49. The number of carbonyl (C=O) groups is 1. The summed E-state index contributed by atoms with van der Waals surface area (Å²) in [6, 6.07) is 8.53. The number of ether oxygens (including phenoxy) is 1. The number of amides is 1. The monoisotopic (exact) mass is 586 g/mol. The van der Waals surface area contributed by atoms with Gasteiger partial charge in [0.25, 0.3) is 0 Å². The van der Waals surface area contributed by atoms with Gasteiger partial charge in [-0.2, -0.15) is 0 Å². The molecule has 0 radical (unpaired) electrons. The second kappa shape index (κ2) is 21.0. The van der Waals surface area contributed by atoms with Gasteiger partial charge in [0.15, 0.2) is 5.96 Å². The molecule has 40 heavy (non-hydrogen) atoms. The Balaban J connectivity index is 0.000000687. The van der Waals surface area contributed by atoms with Crippen LogP contribution >= 0.6 is 11.3 Å². The number of nitrogens with zero attached hydrogens (tertiary/aromatic N) is 3. The number of carbonyl (C=O) groups excluding carboxylic acids is 1. The Morgan fingerprint density at radius 3 is 2.42 bits per heavy atom. The highest BCUT2D eigenvalue weighted by Crippen LogP contribution is 2.31. The number of rotatable bonds is 12. The van der Waals surface area contributed by atoms with Crippen molar-refractivity contribution < 1.29 is 22.7 Å². The van der Waals surface area contributed by atoms with E-state index in [0.717, 1.165) is 73.7 Å². The first-order valence-electron chi connectivity index (χ1n) is 13.6. The number of nitrogens with one attached hydrogen (secondary N) is 3. The van der Waals surface area contributed by atoms with E-state index in [0.29, 0.717) is 17.9 Å². The van der Waals surface area contributed by atoms with Gasteiger partial charge in [0.05, 0.1) is 10.2 Å². The van der Waals surface area contributed by atoms with Crippen molar-refractivity contribution in [1.82, 2.24) is 25.8 Å². The largest absolute Gasteiger partial charge is 0.384 e. The number of allylic oxidation sites excluding steroid dienone is 1. The van der Waals surface area contributed by atoms with Gasteiger partial charge < -0.3 is 25.6 Å². The van der Waals surface area contributed by atoms with Gasteiger partial charge in [-0.1, -0.05) is 19.1 Å². The Bertz CT molecular complexity index is 999. The second-order valence-corrected chi connectivity index (χ2v) is 9.94. The van der Waals surface area contributed by atoms with Gasteiger partial charge in [-0.25, -0.2) is 18.2 Å². The average Bonchev–Trinajstić information content (AvgIpc) is 3.60. The quantitative estimate of drug-likeness (QED) is 0.178. The maximum Gasteiger partial charge on any atom is 0.229 e. The predicted molar refractivity (Wildman–Crippen MR) is 160 cm³/mol. The highest BCUT2D eigenvalue weighted by atomic mass is 32.1. The summed E-state index contributed by atoms with van der Waals surface area (Å²) in [5, 5.41) is 11.1. The Labute approximate surface area is 240 Å². The van der Waals surface area contributed by atoms with Gasteiger partial charge in [-0.3, -0.25) is 9.79 Å². The van der Waals surface area contributed by atoms with Crippen molar-refractivity contribution in [1.29, 1.82) is 0 Å². The van der Waals surface area contributed by atoms with Crippen LogP contribution in [0.15, 0.2) is 35.1 Å². The van der Waals surface area contributed by atoms with Crippen LogP contribution in [0.25, 0.3) is 15.8 Å². The first-order valence-corrected chi connectivity index (χ1v) is 14.5. The summed E-state index contributed by atoms with van der Waals surface area (Å²) >= 11 is 1.69. The zero-order valence-electron chi connectivity index (χ0n) is 24.3. The van der Waals surface area contributed by atoms with Crippen molar-refractivity contribution in [2.24, 2.45) is 10.9 Å². The molecule has 1 aliphatic carbocycles. The molecular weight excluding hydrogens is 541 g/mol. The third-order valence-corrected chi connectivity index (χ3v) is 7.41. The molecule has 1 aliphatic rings. The molecule has 3 N–H and O–H groups in total. The highest BCUT2D eigenvalue weighted by Gasteiger charge is 2.26. The molecule has 1 heterocycles. The van der Waals surface area contributed by atoms with Crippen molar-refractivity contribution in [3.8, 4) is 0 Å². The summed E-state index contributed by atoms with van der Waals surface area (Å²) in [5.41, 5.74) is 2.11. The van der Waals surface area contributed by atoms with Crippen LogP contribution < -0.4 is 16.0 Å². The van der Waals surface area contributed by atoms with Crippen molar-refractivity contribution in [3.05, 3.63) is 35.1 Å². The maximum atomic E-state index is 12.7. The Kier molecular flexibility index (Phi) is 18.4. The van der Waals surface area contributed by atoms with Gasteiger partial charge in [0.2, 0.25) is 13.3 Å². The number of aliphatic imine (C=N–C) groups is 1. The van der Waals surface area contributed by atoms with Crippen molar-refractivity contribution >= 4 is 39.5 Å². The number of alkyl halides is 3. The van der Waals surface area contributed by atoms with Crippen LogP contribution in [0.3, 0.4) is 0 Å². The lowest BCUT2D eigenvalue weighted by Crippen LogP contribution is -2.44. The number of aromatic nitrogens is 1. The zero-order chi connectivity index (χ0) is 29.8. The first-order chi connectivity index (χ1) is 19.4. The van der Waals surface area contributed by atoms with E-state index in [4.69, 9.17) is 9.72 Å². The molecule has 0 aliphatic heterocycles. The summed E-state index contributed by atoms with van der Waals surface area (Å²) in [7, 11) is 3.45. The minimum absolute atomic E-state index is 0.217. The SMILES string of the molecule is CC/C(=C(\NC(=NC)NCCF)NC1CCC(COC)C1)c1nc2ccccc2s1.CCN(C=O)CC.FCF. The van der Waals surface area contributed by atoms with E-state index < -0.39 is 13.6 Å². The average molecular weight is 587 g/mol. The molecule has 226 valence electrons. The molecule has 1 saturated carbocycles. The van der Waals surface area contributed by atoms with Gasteiger partial charge in [-0.05, 0) is 57.6 Å². The summed E-state index contributed by atoms with van der Waals surface area (Å²) in [5.74, 6) is 2.02. The number of hydrogen-bond acceptors (Lipinski definition) is 6. The fraction of sp³-hybridized carbons (Fsp3) is 0.607. The number of methoxy groups -OCH3 is 1. The lowest BCUT2D eigenvalue weighted by Gasteiger charge is -2.23. The predicted octanol–water partition coefficient (Wildman–Crippen LogP) is 5.28. The van der Waals surface area contributed by atoms with Gasteiger partial charge >= 0.3 is 0 Å². The third kappa shape index (κ3) is 12.1. The fourth-order valence-corrected chi connectivity index (χ4v) is 5.35. The summed E-state index contributed by atoms with van der Waals surface area (Å²) in [4.78, 5) is 20.7. The van der Waals surface area contributed by atoms with Crippen molar-refractivity contribution in [2.75, 3.05) is 54.0 Å². The van der Waals surface area contributed by atoms with E-state index in [-0.39, 0.29) is 6.54 Å². The minimum atomic E-state index is -1.75. The van der Waals surface area contributed by atoms with E-state index in [1.165, 1.54) is 4.70 Å². The molecule has 1 aromatic heterocycles. The normalized spacial score (nSPS) is 17.1. The molecule has 1 aromatic carbocycles. The third-order valence-electron chi connectivity index (χ3n) is 6.31. The standard InChI is InChI=1S/C22H32FN5OS.C5H11NO.CH2F2/c1-4-17(21-27-18-7-5-6-8-19(18)30-21)20(28-22(24-2)25-12-11-23)26-16-10-9-15(13-16)14-29-3;1-3-6(4-2)5-7;2-1-3/h5-8,15-16,26H,4,9-14H2,1-3H3,(H2,24,25,28);5H,3-4H2,1-2H3;1H2/b20-17+;;. The molecule has 2 unspecified atom stereocenters. The maximum absolute atomic E-state index is 12.7. The van der Waals surface area contributed by atoms with Gasteiger partial charge in [-0.15, -0.1) is 11.3 Å². The molecule has 0 saturated heterocycles. The van der Waals surface area contributed by atoms with E-state index in [2.05, 4.69) is 33.9 Å². The van der Waals surface area contributed by atoms with Crippen LogP contribution in [-0.4, -0.2) is 82.3 Å². The molecule has 0 spiro atoms. The molecule has 2 atom stereocenters. The van der Waals surface area contributed by atoms with Crippen LogP contribution in [0.1, 0.15) is 51.5 Å². The van der Waals surface area contributed by atoms with E-state index >= 15 is 0 Å². The van der Waals surface area contributed by atoms with Crippen molar-refractivity contribution in [3.63, 3.8) is 0 Å². The zero-order valence-corrected chi connectivity index (χ0v) is 25.1. The number of halogens is 3. The topological polar surface area (TPSA) is 90.9 Å². The van der Waals surface area contributed by atoms with Crippen molar-refractivity contribution in [2.45, 2.75) is 52.5 Å². The lowest BCUT2D eigenvalue weighted by molar-refractivity contribution is -0.117. The molecule has 0 bridgehead atoms. The second-order valence-electron chi connectivity index (χ2n) is 8.91. The molecule has 12 heteroatoms. The minimum Gasteiger partial charge on any atom is -0.384 e. The molecule has 1 amide bonds. The van der Waals surface area contributed by atoms with E-state index in [9.17, 15) is 18.0 Å². The summed E-state index contributed by atoms with van der Waals surface area (Å²) < 4.78 is 38.4. The Hall–Kier alpha value is -2.86. The molecule has 2 aromatic rings. The van der Waals surface area contributed by atoms with Crippen LogP contribution in [0.2, 0.25) is 0 Å². The fourth-order valence-electron chi connectivity index (χ4n) is 4.27. The van der Waals surface area contributed by atoms with Crippen LogP contribution in [0.5, 0.6) is 0 Å². The molecular formula is C28H45F3N6O2S. The Morgan fingerprint density at radius 1 is 1.20 bits per heavy atom. The van der Waals surface area contributed by atoms with Gasteiger partial charge in [0.1, 0.15) is 17.5 Å². The molecule has 1 fully saturated rings. The van der Waals surface area contributed by atoms with Crippen LogP contribution in [0, 0.1) is 5.92 Å². The number of fused-ring (bicyclic) bond motifs is 1. The first kappa shape index (κ1) is 35.2. The summed E-state index contributed by atoms with van der Waals surface area (Å²) in [6.07, 6.45) is 4.97. The highest BCUT2D eigenvalue weighted by molar-refractivity contribution is 7.19. The van der Waals surface area contributed by atoms with E-state index in [1.807, 2.05) is 32.0 Å². The number of benzene rings is 1. The smallest absolute Gasteiger partial charge is 0.229 e. The molecule has 8 nitrogen and oxygen atoms in total. The molecule has 3 rings (SSSR count). The number of hydrogen-bond donors (Lipinski definition) is 3. The van der Waals surface area contributed by atoms with Crippen LogP contribution in [-0.2, 0) is 9.53 Å². The number of guanidine groups is 1. The Morgan fingerprint density at radius 2 is 1.90 bits per heavy atom.